The molecule has 17 aromatic carbocycles. The van der Waals surface area contributed by atoms with Crippen LogP contribution < -0.4 is 0 Å². The van der Waals surface area contributed by atoms with Crippen LogP contribution >= 0.6 is 11.3 Å². The second-order valence-electron chi connectivity index (χ2n) is 31.0. The van der Waals surface area contributed by atoms with Crippen molar-refractivity contribution in [2.75, 3.05) is 0 Å². The van der Waals surface area contributed by atoms with Crippen molar-refractivity contribution in [1.82, 2.24) is 34.9 Å². The third-order valence-electron chi connectivity index (χ3n) is 23.6. The van der Waals surface area contributed by atoms with Crippen molar-refractivity contribution >= 4 is 118 Å². The number of furan rings is 1. The Morgan fingerprint density at radius 1 is 0.252 bits per heavy atom. The molecule has 0 bridgehead atoms. The van der Waals surface area contributed by atoms with Crippen LogP contribution in [0.25, 0.3) is 219 Å². The van der Waals surface area contributed by atoms with Crippen molar-refractivity contribution in [3.8, 4) is 112 Å². The van der Waals surface area contributed by atoms with Crippen LogP contribution in [0.1, 0.15) is 25.0 Å². The third kappa shape index (κ3) is 12.6. The highest BCUT2D eigenvalue weighted by Crippen LogP contribution is 2.50. The molecule has 0 aliphatic heterocycles. The van der Waals surface area contributed by atoms with E-state index in [-0.39, 0.29) is 5.41 Å². The van der Waals surface area contributed by atoms with Crippen LogP contribution in [0.15, 0.2) is 399 Å². The summed E-state index contributed by atoms with van der Waals surface area (Å²) in [7, 11) is 0. The van der Waals surface area contributed by atoms with Crippen LogP contribution in [0.4, 0.5) is 0 Å². The molecule has 6 heterocycles. The molecule has 8 nitrogen and oxygen atoms in total. The third-order valence-corrected chi connectivity index (χ3v) is 24.8. The van der Waals surface area contributed by atoms with Gasteiger partial charge in [0.1, 0.15) is 5.58 Å². The molecule has 0 radical (unpaired) electrons. The van der Waals surface area contributed by atoms with E-state index in [1.807, 2.05) is 90.6 Å². The van der Waals surface area contributed by atoms with Crippen LogP contribution in [0.3, 0.4) is 0 Å². The minimum absolute atomic E-state index is 0.0232. The summed E-state index contributed by atoms with van der Waals surface area (Å²) < 4.78 is 8.84. The SMILES string of the molecule is CC1(C)c2ccccc2-c2ccc(-c3ccc(-c4nc(-c5ccccc5)nc5oc6ccccc6c45)cc3)cc21.c1ccc(-c2cc(-c3cccc(-c4ccc5c(c4)sc4ccccc45)c3)cc(-c3ncc4c5ccccc5c5ccccc5c4n3)c2)cc1.c1cncc(-c2cccc(-c3ncc4c5ccccc5c5ccccc5c4n3)c2)c1. The largest absolute Gasteiger partial charge is 0.438 e. The van der Waals surface area contributed by atoms with E-state index in [2.05, 4.69) is 328 Å². The Bertz CT molecular complexity index is 7890. The lowest BCUT2D eigenvalue weighted by atomic mass is 9.81. The van der Waals surface area contributed by atoms with Gasteiger partial charge in [0.15, 0.2) is 17.5 Å². The van der Waals surface area contributed by atoms with Gasteiger partial charge in [0.05, 0.1) is 22.1 Å². The first-order valence-electron chi connectivity index (χ1n) is 40.2. The molecule has 1 aliphatic carbocycles. The van der Waals surface area contributed by atoms with Gasteiger partial charge in [-0.3, -0.25) is 4.98 Å². The van der Waals surface area contributed by atoms with E-state index in [9.17, 15) is 0 Å². The Morgan fingerprint density at radius 2 is 0.689 bits per heavy atom. The first-order chi connectivity index (χ1) is 58.7. The number of hydrogen-bond acceptors (Lipinski definition) is 9. The highest BCUT2D eigenvalue weighted by Gasteiger charge is 2.35. The molecule has 0 N–H and O–H groups in total. The van der Waals surface area contributed by atoms with Crippen LogP contribution in [-0.4, -0.2) is 34.9 Å². The number of rotatable bonds is 9. The highest BCUT2D eigenvalue weighted by molar-refractivity contribution is 7.25. The van der Waals surface area contributed by atoms with Gasteiger partial charge in [0.2, 0.25) is 5.71 Å². The number of hydrogen-bond donors (Lipinski definition) is 0. The molecule has 1 aliphatic rings. The average molecular weight is 1540 g/mol. The lowest BCUT2D eigenvalue weighted by Crippen LogP contribution is -2.14. The Balaban J connectivity index is 0.000000111. The molecule has 0 unspecified atom stereocenters. The summed E-state index contributed by atoms with van der Waals surface area (Å²) in [6, 6.07) is 131. The first kappa shape index (κ1) is 70.3. The van der Waals surface area contributed by atoms with E-state index in [0.717, 1.165) is 122 Å². The number of aromatic nitrogens is 7. The molecule has 0 amide bonds. The zero-order valence-electron chi connectivity index (χ0n) is 65.0. The van der Waals surface area contributed by atoms with E-state index >= 15 is 0 Å². The van der Waals surface area contributed by atoms with Gasteiger partial charge >= 0.3 is 0 Å². The molecular formula is C110H71N7OS. The van der Waals surface area contributed by atoms with Crippen molar-refractivity contribution < 1.29 is 4.42 Å². The molecule has 0 saturated heterocycles. The Kier molecular flexibility index (Phi) is 17.3. The molecule has 0 saturated carbocycles. The Hall–Kier alpha value is -15.3. The smallest absolute Gasteiger partial charge is 0.231 e. The fourth-order valence-corrected chi connectivity index (χ4v) is 18.9. The fraction of sp³-hybridized carbons (Fsp3) is 0.0273. The van der Waals surface area contributed by atoms with Crippen molar-refractivity contribution in [2.45, 2.75) is 19.3 Å². The minimum Gasteiger partial charge on any atom is -0.438 e. The van der Waals surface area contributed by atoms with Crippen molar-refractivity contribution in [3.63, 3.8) is 0 Å². The van der Waals surface area contributed by atoms with E-state index in [1.54, 1.807) is 6.20 Å². The van der Waals surface area contributed by atoms with Gasteiger partial charge in [0, 0.05) is 105 Å². The summed E-state index contributed by atoms with van der Waals surface area (Å²) in [6.07, 6.45) is 7.63. The molecule has 119 heavy (non-hydrogen) atoms. The first-order valence-corrected chi connectivity index (χ1v) is 41.0. The lowest BCUT2D eigenvalue weighted by Gasteiger charge is -2.22. The highest BCUT2D eigenvalue weighted by atomic mass is 32.1. The minimum atomic E-state index is -0.0232. The van der Waals surface area contributed by atoms with Gasteiger partial charge < -0.3 is 4.42 Å². The number of para-hydroxylation sites is 1. The van der Waals surface area contributed by atoms with Crippen LogP contribution in [0.5, 0.6) is 0 Å². The molecule has 24 rings (SSSR count). The molecule has 0 fully saturated rings. The number of thiophene rings is 1. The predicted octanol–water partition coefficient (Wildman–Crippen LogP) is 29.3. The maximum Gasteiger partial charge on any atom is 0.231 e. The van der Waals surface area contributed by atoms with Crippen LogP contribution in [0.2, 0.25) is 0 Å². The number of benzene rings is 17. The van der Waals surface area contributed by atoms with Gasteiger partial charge in [-0.1, -0.05) is 323 Å². The van der Waals surface area contributed by atoms with E-state index < -0.39 is 0 Å². The van der Waals surface area contributed by atoms with Gasteiger partial charge in [-0.2, -0.15) is 4.98 Å². The summed E-state index contributed by atoms with van der Waals surface area (Å²) in [6.45, 7) is 4.65. The predicted molar refractivity (Wildman–Crippen MR) is 496 cm³/mol. The molecule has 0 atom stereocenters. The van der Waals surface area contributed by atoms with E-state index in [0.29, 0.717) is 11.5 Å². The van der Waals surface area contributed by atoms with Crippen LogP contribution in [-0.2, 0) is 5.41 Å². The van der Waals surface area contributed by atoms with Crippen molar-refractivity contribution in [1.29, 1.82) is 0 Å². The Morgan fingerprint density at radius 3 is 1.35 bits per heavy atom. The standard InChI is InChI=1S/C46H28N2S.C37H26N2O.C27H17N3/c1-2-11-29(12-3-1)33-24-34(31-14-10-13-30(23-31)32-21-22-40-39-18-8-9-20-43(39)49-44(40)27-32)26-35(25-33)46-47-28-42-38-17-5-4-15-36(38)37-16-6-7-19-41(37)45(42)48-46;1-37(2)30-14-8-6-12-27(30)28-21-20-26(22-31(28)37)23-16-18-24(19-17-23)34-33-29-13-7-9-15-32(29)40-36(33)39-35(38-34)25-10-4-3-5-11-25;1-2-12-23-21(10-1)22-11-3-4-13-24(22)26-25(23)17-29-27(30-26)19-8-5-7-18(15-19)20-9-6-14-28-16-20/h1-28H;3-22H,1-2H3;1-17H. The zero-order chi connectivity index (χ0) is 79.1. The van der Waals surface area contributed by atoms with Crippen molar-refractivity contribution in [2.24, 2.45) is 0 Å². The number of pyridine rings is 1. The quantitative estimate of drug-likeness (QED) is 0.132. The summed E-state index contributed by atoms with van der Waals surface area (Å²) in [5, 5.41) is 16.3. The van der Waals surface area contributed by atoms with Crippen molar-refractivity contribution in [3.05, 3.63) is 406 Å². The molecule has 6 aromatic heterocycles. The van der Waals surface area contributed by atoms with Gasteiger partial charge in [0.25, 0.3) is 0 Å². The maximum atomic E-state index is 6.21. The topological polar surface area (TPSA) is 103 Å². The fourth-order valence-electron chi connectivity index (χ4n) is 17.7. The molecular weight excluding hydrogens is 1470 g/mol. The number of nitrogens with zero attached hydrogens (tertiary/aromatic N) is 7. The van der Waals surface area contributed by atoms with Gasteiger partial charge in [-0.05, 0) is 165 Å². The summed E-state index contributed by atoms with van der Waals surface area (Å²) in [5.74, 6) is 2.11. The summed E-state index contributed by atoms with van der Waals surface area (Å²) in [5.41, 5.74) is 25.3. The summed E-state index contributed by atoms with van der Waals surface area (Å²) >= 11 is 1.86. The normalized spacial score (nSPS) is 12.2. The Labute approximate surface area is 690 Å². The maximum absolute atomic E-state index is 6.21. The lowest BCUT2D eigenvalue weighted by molar-refractivity contribution is 0.653. The second kappa shape index (κ2) is 29.2. The molecule has 23 aromatic rings. The van der Waals surface area contributed by atoms with Gasteiger partial charge in [-0.25, -0.2) is 24.9 Å². The van der Waals surface area contributed by atoms with E-state index in [4.69, 9.17) is 34.3 Å². The zero-order valence-corrected chi connectivity index (χ0v) is 65.8. The summed E-state index contributed by atoms with van der Waals surface area (Å²) in [4.78, 5) is 34.2. The van der Waals surface area contributed by atoms with Crippen LogP contribution in [0, 0.1) is 0 Å². The molecule has 558 valence electrons. The molecule has 0 spiro atoms. The van der Waals surface area contributed by atoms with Gasteiger partial charge in [-0.15, -0.1) is 11.3 Å². The second-order valence-corrected chi connectivity index (χ2v) is 32.1. The molecule has 9 heteroatoms. The monoisotopic (exact) mass is 1540 g/mol. The van der Waals surface area contributed by atoms with E-state index in [1.165, 1.54) is 97.0 Å². The average Bonchev–Trinajstić information content (AvgIpc) is 1.72. The number of fused-ring (bicyclic) bond motifs is 21.